The van der Waals surface area contributed by atoms with Crippen molar-refractivity contribution in [3.05, 3.63) is 47.7 Å². The molecule has 0 saturated heterocycles. The van der Waals surface area contributed by atoms with Crippen molar-refractivity contribution in [3.63, 3.8) is 0 Å². The number of nitrogens with one attached hydrogen (secondary N) is 1. The van der Waals surface area contributed by atoms with Gasteiger partial charge in [0, 0.05) is 17.1 Å². The zero-order chi connectivity index (χ0) is 17.8. The molecule has 0 bridgehead atoms. The number of allylic oxidation sites excluding steroid dienone is 1. The Kier molecular flexibility index (Phi) is 3.88. The molecule has 1 fully saturated rings. The molecule has 0 unspecified atom stereocenters. The highest BCUT2D eigenvalue weighted by molar-refractivity contribution is 5.83. The van der Waals surface area contributed by atoms with Gasteiger partial charge >= 0.3 is 0 Å². The number of aromatic nitrogens is 1. The average molecular weight is 338 g/mol. The second kappa shape index (κ2) is 5.74. The third-order valence-electron chi connectivity index (χ3n) is 7.56. The van der Waals surface area contributed by atoms with Gasteiger partial charge in [-0.1, -0.05) is 57.5 Å². The topological polar surface area (TPSA) is 36.0 Å². The van der Waals surface area contributed by atoms with Gasteiger partial charge in [-0.3, -0.25) is 0 Å². The van der Waals surface area contributed by atoms with Crippen molar-refractivity contribution < 1.29 is 5.11 Å². The maximum absolute atomic E-state index is 10.6. The van der Waals surface area contributed by atoms with Crippen LogP contribution in [0.1, 0.15) is 52.5 Å². The van der Waals surface area contributed by atoms with Crippen LogP contribution in [0.2, 0.25) is 0 Å². The van der Waals surface area contributed by atoms with Gasteiger partial charge in [-0.15, -0.1) is 0 Å². The van der Waals surface area contributed by atoms with Gasteiger partial charge in [0.2, 0.25) is 0 Å². The molecule has 2 aromatic rings. The number of H-pyrrole nitrogens is 1. The van der Waals surface area contributed by atoms with Crippen LogP contribution < -0.4 is 0 Å². The van der Waals surface area contributed by atoms with Crippen LogP contribution in [0.5, 0.6) is 0 Å². The lowest BCUT2D eigenvalue weighted by Gasteiger charge is -2.54. The SMILES string of the molecule is C[C@H]1CC[C@@H]2C(=CC[C@H](O)C2(C)C)[C@]1(C)Cc1c[nH]c2ccccc12. The lowest BCUT2D eigenvalue weighted by molar-refractivity contribution is -0.0190. The largest absolute Gasteiger partial charge is 0.392 e. The van der Waals surface area contributed by atoms with Crippen LogP contribution in [0.25, 0.3) is 10.9 Å². The van der Waals surface area contributed by atoms with Crippen molar-refractivity contribution in [1.82, 2.24) is 4.98 Å². The molecule has 2 aliphatic rings. The first kappa shape index (κ1) is 16.9. The molecule has 0 aliphatic heterocycles. The molecule has 1 aromatic heterocycles. The molecule has 2 N–H and O–H groups in total. The van der Waals surface area contributed by atoms with E-state index in [1.165, 1.54) is 29.3 Å². The first-order valence-electron chi connectivity index (χ1n) is 9.77. The van der Waals surface area contributed by atoms with Gasteiger partial charge in [0.15, 0.2) is 0 Å². The third kappa shape index (κ3) is 2.49. The number of aliphatic hydroxyl groups excluding tert-OH is 1. The molecule has 134 valence electrons. The molecule has 4 atom stereocenters. The van der Waals surface area contributed by atoms with Crippen LogP contribution in [0.3, 0.4) is 0 Å². The van der Waals surface area contributed by atoms with Crippen molar-refractivity contribution in [2.75, 3.05) is 0 Å². The molecule has 0 radical (unpaired) electrons. The summed E-state index contributed by atoms with van der Waals surface area (Å²) in [5.74, 6) is 1.16. The van der Waals surface area contributed by atoms with Crippen LogP contribution in [0, 0.1) is 22.7 Å². The number of hydrogen-bond acceptors (Lipinski definition) is 1. The van der Waals surface area contributed by atoms with E-state index in [0.717, 1.165) is 12.8 Å². The van der Waals surface area contributed by atoms with E-state index in [-0.39, 0.29) is 16.9 Å². The van der Waals surface area contributed by atoms with Crippen LogP contribution in [-0.2, 0) is 6.42 Å². The average Bonchev–Trinajstić information content (AvgIpc) is 2.98. The number of rotatable bonds is 2. The summed E-state index contributed by atoms with van der Waals surface area (Å²) >= 11 is 0. The zero-order valence-corrected chi connectivity index (χ0v) is 16.0. The molecular formula is C23H31NO. The minimum absolute atomic E-state index is 0.0221. The Morgan fingerprint density at radius 2 is 1.92 bits per heavy atom. The Balaban J connectivity index is 1.76. The fraction of sp³-hybridized carbons (Fsp3) is 0.565. The van der Waals surface area contributed by atoms with Crippen molar-refractivity contribution >= 4 is 10.9 Å². The third-order valence-corrected chi connectivity index (χ3v) is 7.56. The molecule has 0 amide bonds. The van der Waals surface area contributed by atoms with Crippen molar-refractivity contribution in [2.24, 2.45) is 22.7 Å². The second-order valence-electron chi connectivity index (χ2n) is 9.22. The predicted octanol–water partition coefficient (Wildman–Crippen LogP) is 5.48. The van der Waals surface area contributed by atoms with E-state index in [1.807, 2.05) is 0 Å². The van der Waals surface area contributed by atoms with Gasteiger partial charge in [0.1, 0.15) is 0 Å². The molecule has 2 heteroatoms. The quantitative estimate of drug-likeness (QED) is 0.699. The van der Waals surface area contributed by atoms with Gasteiger partial charge in [0.25, 0.3) is 0 Å². The van der Waals surface area contributed by atoms with E-state index in [1.54, 1.807) is 5.57 Å². The van der Waals surface area contributed by atoms with Crippen LogP contribution >= 0.6 is 0 Å². The van der Waals surface area contributed by atoms with E-state index in [0.29, 0.717) is 11.8 Å². The molecule has 1 aromatic carbocycles. The summed E-state index contributed by atoms with van der Waals surface area (Å²) in [7, 11) is 0. The lowest BCUT2D eigenvalue weighted by Crippen LogP contribution is -2.48. The molecule has 2 nitrogen and oxygen atoms in total. The maximum atomic E-state index is 10.6. The zero-order valence-electron chi connectivity index (χ0n) is 16.0. The normalized spacial score (nSPS) is 34.6. The smallest absolute Gasteiger partial charge is 0.0631 e. The Morgan fingerprint density at radius 1 is 1.16 bits per heavy atom. The number of aromatic amines is 1. The highest BCUT2D eigenvalue weighted by Crippen LogP contribution is 2.57. The maximum Gasteiger partial charge on any atom is 0.0631 e. The van der Waals surface area contributed by atoms with Gasteiger partial charge in [0.05, 0.1) is 6.10 Å². The molecule has 25 heavy (non-hydrogen) atoms. The lowest BCUT2D eigenvalue weighted by atomic mass is 9.51. The Bertz CT molecular complexity index is 814. The summed E-state index contributed by atoms with van der Waals surface area (Å²) in [6.07, 6.45) is 8.70. The first-order chi connectivity index (χ1) is 11.8. The van der Waals surface area contributed by atoms with E-state index >= 15 is 0 Å². The van der Waals surface area contributed by atoms with E-state index in [2.05, 4.69) is 69.2 Å². The standard InChI is InChI=1S/C23H31NO/c1-15-9-10-18-19(11-12-21(25)22(18,2)3)23(15,4)13-16-14-24-20-8-6-5-7-17(16)20/h5-8,11,14-15,18,21,24-25H,9-10,12-13H2,1-4H3/t15-,18+,21-,23+/m0/s1. The van der Waals surface area contributed by atoms with E-state index < -0.39 is 0 Å². The number of benzene rings is 1. The minimum atomic E-state index is -0.216. The summed E-state index contributed by atoms with van der Waals surface area (Å²) < 4.78 is 0. The predicted molar refractivity (Wildman–Crippen MR) is 104 cm³/mol. The first-order valence-corrected chi connectivity index (χ1v) is 9.77. The molecular weight excluding hydrogens is 306 g/mol. The van der Waals surface area contributed by atoms with Gasteiger partial charge in [-0.25, -0.2) is 0 Å². The fourth-order valence-corrected chi connectivity index (χ4v) is 5.45. The van der Waals surface area contributed by atoms with Crippen LogP contribution in [0.15, 0.2) is 42.1 Å². The molecule has 1 saturated carbocycles. The molecule has 4 rings (SSSR count). The Morgan fingerprint density at radius 3 is 2.72 bits per heavy atom. The van der Waals surface area contributed by atoms with Gasteiger partial charge in [-0.05, 0) is 60.0 Å². The molecule has 1 heterocycles. The number of fused-ring (bicyclic) bond motifs is 2. The van der Waals surface area contributed by atoms with Crippen molar-refractivity contribution in [1.29, 1.82) is 0 Å². The number of hydrogen-bond donors (Lipinski definition) is 2. The highest BCUT2D eigenvalue weighted by Gasteiger charge is 2.50. The Hall–Kier alpha value is -1.54. The van der Waals surface area contributed by atoms with Gasteiger partial charge in [-0.2, -0.15) is 0 Å². The Labute approximate surface area is 151 Å². The van der Waals surface area contributed by atoms with Crippen molar-refractivity contribution in [2.45, 2.75) is 59.5 Å². The second-order valence-corrected chi connectivity index (χ2v) is 9.22. The highest BCUT2D eigenvalue weighted by atomic mass is 16.3. The summed E-state index contributed by atoms with van der Waals surface area (Å²) in [5, 5.41) is 11.9. The summed E-state index contributed by atoms with van der Waals surface area (Å²) in [6.45, 7) is 9.41. The number of para-hydroxylation sites is 1. The van der Waals surface area contributed by atoms with Crippen LogP contribution in [-0.4, -0.2) is 16.2 Å². The summed E-state index contributed by atoms with van der Waals surface area (Å²) in [4.78, 5) is 3.45. The monoisotopic (exact) mass is 337 g/mol. The summed E-state index contributed by atoms with van der Waals surface area (Å²) in [5.41, 5.74) is 4.41. The van der Waals surface area contributed by atoms with E-state index in [4.69, 9.17) is 0 Å². The van der Waals surface area contributed by atoms with Crippen LogP contribution in [0.4, 0.5) is 0 Å². The van der Waals surface area contributed by atoms with E-state index in [9.17, 15) is 5.11 Å². The molecule has 2 aliphatic carbocycles. The van der Waals surface area contributed by atoms with Crippen molar-refractivity contribution in [3.8, 4) is 0 Å². The fourth-order valence-electron chi connectivity index (χ4n) is 5.45. The molecule has 0 spiro atoms. The summed E-state index contributed by atoms with van der Waals surface area (Å²) in [6, 6.07) is 8.62. The number of aliphatic hydroxyl groups is 1. The van der Waals surface area contributed by atoms with Gasteiger partial charge < -0.3 is 10.1 Å². The minimum Gasteiger partial charge on any atom is -0.392 e.